The van der Waals surface area contributed by atoms with E-state index in [2.05, 4.69) is 20.1 Å². The second-order valence-corrected chi connectivity index (χ2v) is 4.71. The smallest absolute Gasteiger partial charge is 0.410 e. The van der Waals surface area contributed by atoms with E-state index in [4.69, 9.17) is 4.74 Å². The average molecular weight is 251 g/mol. The van der Waals surface area contributed by atoms with Gasteiger partial charge in [0.05, 0.1) is 12.6 Å². The van der Waals surface area contributed by atoms with Gasteiger partial charge in [-0.3, -0.25) is 14.9 Å². The second-order valence-electron chi connectivity index (χ2n) is 4.71. The maximum Gasteiger partial charge on any atom is 0.410 e. The Morgan fingerprint density at radius 1 is 1.50 bits per heavy atom. The van der Waals surface area contributed by atoms with Gasteiger partial charge in [0.1, 0.15) is 18.3 Å². The van der Waals surface area contributed by atoms with Crippen molar-refractivity contribution in [3.05, 3.63) is 11.6 Å². The predicted octanol–water partition coefficient (Wildman–Crippen LogP) is 0.00350. The van der Waals surface area contributed by atoms with E-state index in [0.717, 1.165) is 44.2 Å². The number of amides is 1. The minimum Gasteiger partial charge on any atom is -0.447 e. The van der Waals surface area contributed by atoms with E-state index >= 15 is 0 Å². The van der Waals surface area contributed by atoms with E-state index in [1.807, 2.05) is 11.8 Å². The molecule has 2 fully saturated rings. The van der Waals surface area contributed by atoms with Crippen LogP contribution in [0.3, 0.4) is 0 Å². The number of ether oxygens (including phenoxy) is 1. The van der Waals surface area contributed by atoms with Crippen LogP contribution in [0.2, 0.25) is 0 Å². The minimum atomic E-state index is -0.174. The second kappa shape index (κ2) is 4.56. The van der Waals surface area contributed by atoms with Crippen molar-refractivity contribution in [2.24, 2.45) is 0 Å². The third kappa shape index (κ3) is 2.05. The van der Waals surface area contributed by atoms with Crippen molar-refractivity contribution >= 4 is 6.09 Å². The molecule has 0 aromatic carbocycles. The van der Waals surface area contributed by atoms with E-state index in [1.165, 1.54) is 0 Å². The molecule has 0 radical (unpaired) electrons. The summed E-state index contributed by atoms with van der Waals surface area (Å²) in [4.78, 5) is 19.9. The third-order valence-electron chi connectivity index (χ3n) is 3.47. The molecular formula is C11H17N5O2. The molecule has 1 atom stereocenters. The molecule has 7 heteroatoms. The minimum absolute atomic E-state index is 0.174. The zero-order valence-corrected chi connectivity index (χ0v) is 10.4. The van der Waals surface area contributed by atoms with Crippen LogP contribution in [0.25, 0.3) is 0 Å². The molecule has 1 amide bonds. The number of hydrogen-bond donors (Lipinski definition) is 1. The van der Waals surface area contributed by atoms with Crippen LogP contribution in [0, 0.1) is 0 Å². The fourth-order valence-electron chi connectivity index (χ4n) is 2.47. The van der Waals surface area contributed by atoms with E-state index in [-0.39, 0.29) is 12.1 Å². The van der Waals surface area contributed by atoms with Gasteiger partial charge >= 0.3 is 6.09 Å². The predicted molar refractivity (Wildman–Crippen MR) is 62.9 cm³/mol. The van der Waals surface area contributed by atoms with Crippen LogP contribution in [-0.2, 0) is 17.7 Å². The standard InChI is InChI=1S/C11H17N5O2/c1-2-9-12-10(14-13-9)6-15-3-4-16-8(5-15)7-18-11(16)17/h8H,2-7H2,1H3,(H,12,13,14). The molecule has 0 saturated carbocycles. The molecule has 0 aliphatic carbocycles. The van der Waals surface area contributed by atoms with Gasteiger partial charge in [-0.25, -0.2) is 9.78 Å². The highest BCUT2D eigenvalue weighted by atomic mass is 16.6. The first-order valence-electron chi connectivity index (χ1n) is 6.32. The summed E-state index contributed by atoms with van der Waals surface area (Å²) in [5, 5.41) is 7.08. The normalized spacial score (nSPS) is 24.2. The van der Waals surface area contributed by atoms with Gasteiger partial charge in [-0.15, -0.1) is 0 Å². The van der Waals surface area contributed by atoms with Crippen molar-refractivity contribution in [2.75, 3.05) is 26.2 Å². The number of H-pyrrole nitrogens is 1. The van der Waals surface area contributed by atoms with Crippen molar-refractivity contribution in [1.82, 2.24) is 25.0 Å². The molecule has 2 aliphatic heterocycles. The van der Waals surface area contributed by atoms with Crippen molar-refractivity contribution in [3.63, 3.8) is 0 Å². The van der Waals surface area contributed by atoms with Crippen LogP contribution < -0.4 is 0 Å². The summed E-state index contributed by atoms with van der Waals surface area (Å²) in [6, 6.07) is 0.194. The molecule has 1 aromatic rings. The monoisotopic (exact) mass is 251 g/mol. The molecular weight excluding hydrogens is 234 g/mol. The van der Waals surface area contributed by atoms with Crippen molar-refractivity contribution in [3.8, 4) is 0 Å². The number of aromatic nitrogens is 3. The SMILES string of the molecule is CCc1n[nH]c(CN2CCN3C(=O)OCC3C2)n1. The van der Waals surface area contributed by atoms with Gasteiger partial charge in [-0.2, -0.15) is 5.10 Å². The number of cyclic esters (lactones) is 1. The molecule has 2 aliphatic rings. The summed E-state index contributed by atoms with van der Waals surface area (Å²) in [6.45, 7) is 5.73. The summed E-state index contributed by atoms with van der Waals surface area (Å²) in [6.07, 6.45) is 0.669. The lowest BCUT2D eigenvalue weighted by Crippen LogP contribution is -2.51. The van der Waals surface area contributed by atoms with Crippen molar-refractivity contribution in [2.45, 2.75) is 25.9 Å². The number of nitrogens with one attached hydrogen (secondary N) is 1. The fourth-order valence-corrected chi connectivity index (χ4v) is 2.47. The Morgan fingerprint density at radius 2 is 2.39 bits per heavy atom. The molecule has 1 N–H and O–H groups in total. The third-order valence-corrected chi connectivity index (χ3v) is 3.47. The van der Waals surface area contributed by atoms with Gasteiger partial charge in [0, 0.05) is 26.1 Å². The van der Waals surface area contributed by atoms with Crippen LogP contribution in [-0.4, -0.2) is 63.4 Å². The van der Waals surface area contributed by atoms with Gasteiger partial charge in [0.15, 0.2) is 0 Å². The summed E-state index contributed by atoms with van der Waals surface area (Å²) in [5.74, 6) is 1.74. The number of carbonyl (C=O) groups is 1. The van der Waals surface area contributed by atoms with Crippen LogP contribution in [0.5, 0.6) is 0 Å². The van der Waals surface area contributed by atoms with E-state index in [1.54, 1.807) is 0 Å². The first-order valence-corrected chi connectivity index (χ1v) is 6.32. The van der Waals surface area contributed by atoms with Gasteiger partial charge < -0.3 is 4.74 Å². The molecule has 2 saturated heterocycles. The highest BCUT2D eigenvalue weighted by Crippen LogP contribution is 2.18. The number of nitrogens with zero attached hydrogens (tertiary/aromatic N) is 4. The number of aryl methyl sites for hydroxylation is 1. The molecule has 1 unspecified atom stereocenters. The molecule has 3 rings (SSSR count). The van der Waals surface area contributed by atoms with E-state index in [9.17, 15) is 4.79 Å². The highest BCUT2D eigenvalue weighted by molar-refractivity contribution is 5.70. The molecule has 7 nitrogen and oxygen atoms in total. The molecule has 98 valence electrons. The number of rotatable bonds is 3. The Morgan fingerprint density at radius 3 is 3.17 bits per heavy atom. The molecule has 3 heterocycles. The van der Waals surface area contributed by atoms with Gasteiger partial charge in [-0.05, 0) is 0 Å². The number of aromatic amines is 1. The molecule has 18 heavy (non-hydrogen) atoms. The Kier molecular flexibility index (Phi) is 2.91. The molecule has 0 spiro atoms. The first-order chi connectivity index (χ1) is 8.76. The van der Waals surface area contributed by atoms with Gasteiger partial charge in [0.25, 0.3) is 0 Å². The lowest BCUT2D eigenvalue weighted by atomic mass is 10.2. The van der Waals surface area contributed by atoms with E-state index in [0.29, 0.717) is 6.61 Å². The number of piperazine rings is 1. The number of hydrogen-bond acceptors (Lipinski definition) is 5. The summed E-state index contributed by atoms with van der Waals surface area (Å²) in [5.41, 5.74) is 0. The Bertz CT molecular complexity index is 446. The zero-order valence-electron chi connectivity index (χ0n) is 10.4. The van der Waals surface area contributed by atoms with Crippen LogP contribution in [0.15, 0.2) is 0 Å². The zero-order chi connectivity index (χ0) is 12.5. The molecule has 1 aromatic heterocycles. The first kappa shape index (κ1) is 11.5. The molecule has 0 bridgehead atoms. The topological polar surface area (TPSA) is 74.4 Å². The maximum absolute atomic E-state index is 11.4. The van der Waals surface area contributed by atoms with Crippen LogP contribution in [0.4, 0.5) is 4.79 Å². The lowest BCUT2D eigenvalue weighted by Gasteiger charge is -2.34. The number of fused-ring (bicyclic) bond motifs is 1. The lowest BCUT2D eigenvalue weighted by molar-refractivity contribution is 0.114. The van der Waals surface area contributed by atoms with Gasteiger partial charge in [0.2, 0.25) is 0 Å². The Labute approximate surface area is 105 Å². The summed E-state index contributed by atoms with van der Waals surface area (Å²) in [7, 11) is 0. The summed E-state index contributed by atoms with van der Waals surface area (Å²) < 4.78 is 5.04. The number of carbonyl (C=O) groups excluding carboxylic acids is 1. The van der Waals surface area contributed by atoms with Gasteiger partial charge in [-0.1, -0.05) is 6.92 Å². The van der Waals surface area contributed by atoms with Crippen molar-refractivity contribution < 1.29 is 9.53 Å². The fraction of sp³-hybridized carbons (Fsp3) is 0.727. The van der Waals surface area contributed by atoms with Crippen LogP contribution >= 0.6 is 0 Å². The summed E-state index contributed by atoms with van der Waals surface area (Å²) >= 11 is 0. The highest BCUT2D eigenvalue weighted by Gasteiger charge is 2.37. The Hall–Kier alpha value is -1.63. The average Bonchev–Trinajstić information content (AvgIpc) is 2.97. The maximum atomic E-state index is 11.4. The Balaban J connectivity index is 1.60. The quantitative estimate of drug-likeness (QED) is 0.818. The largest absolute Gasteiger partial charge is 0.447 e. The van der Waals surface area contributed by atoms with E-state index < -0.39 is 0 Å². The van der Waals surface area contributed by atoms with Crippen LogP contribution in [0.1, 0.15) is 18.6 Å². The van der Waals surface area contributed by atoms with Crippen molar-refractivity contribution in [1.29, 1.82) is 0 Å².